The first-order valence-corrected chi connectivity index (χ1v) is 5.74. The monoisotopic (exact) mass is 215 g/mol. The topological polar surface area (TPSA) is 52.7 Å². The van der Waals surface area contributed by atoms with E-state index >= 15 is 0 Å². The molecule has 0 amide bonds. The van der Waals surface area contributed by atoms with Crippen LogP contribution in [-0.2, 0) is 0 Å². The van der Waals surface area contributed by atoms with E-state index < -0.39 is 6.10 Å². The van der Waals surface area contributed by atoms with E-state index in [-0.39, 0.29) is 0 Å². The van der Waals surface area contributed by atoms with E-state index in [9.17, 15) is 5.11 Å². The third-order valence-electron chi connectivity index (χ3n) is 3.59. The molecule has 1 saturated carbocycles. The van der Waals surface area contributed by atoms with E-state index in [0.29, 0.717) is 18.6 Å². The fourth-order valence-corrected chi connectivity index (χ4v) is 2.33. The fraction of sp³-hybridized carbons (Fsp3) is 1.00. The van der Waals surface area contributed by atoms with Crippen molar-refractivity contribution in [3.63, 3.8) is 0 Å². The van der Waals surface area contributed by atoms with Crippen LogP contribution in [0.4, 0.5) is 0 Å². The second kappa shape index (κ2) is 5.25. The van der Waals surface area contributed by atoms with Crippen LogP contribution in [0.25, 0.3) is 0 Å². The molecule has 0 aliphatic heterocycles. The van der Waals surface area contributed by atoms with Gasteiger partial charge in [-0.1, -0.05) is 0 Å². The molecule has 0 radical (unpaired) electrons. The highest BCUT2D eigenvalue weighted by Crippen LogP contribution is 2.36. The molecular formula is C11H25N3O. The summed E-state index contributed by atoms with van der Waals surface area (Å²) in [6.07, 6.45) is 3.46. The molecule has 1 aliphatic rings. The van der Waals surface area contributed by atoms with Gasteiger partial charge in [-0.15, -0.1) is 0 Å². The SMILES string of the molecule is CN(CC(O)CN)CC1(N(C)C)CCC1. The summed E-state index contributed by atoms with van der Waals surface area (Å²) >= 11 is 0. The zero-order valence-electron chi connectivity index (χ0n) is 10.2. The molecule has 0 aromatic rings. The number of rotatable bonds is 6. The zero-order valence-corrected chi connectivity index (χ0v) is 10.2. The standard InChI is InChI=1S/C11H25N3O/c1-13(2)11(5-4-6-11)9-14(3)8-10(15)7-12/h10,15H,4-9,12H2,1-3H3. The molecule has 15 heavy (non-hydrogen) atoms. The maximum absolute atomic E-state index is 9.47. The van der Waals surface area contributed by atoms with Crippen LogP contribution in [0.15, 0.2) is 0 Å². The first-order chi connectivity index (χ1) is 7.00. The normalized spacial score (nSPS) is 21.8. The summed E-state index contributed by atoms with van der Waals surface area (Å²) in [5, 5.41) is 9.47. The Morgan fingerprint density at radius 2 is 1.93 bits per heavy atom. The molecule has 1 atom stereocenters. The third kappa shape index (κ3) is 3.14. The molecule has 1 fully saturated rings. The van der Waals surface area contributed by atoms with Gasteiger partial charge < -0.3 is 20.6 Å². The Hall–Kier alpha value is -0.160. The minimum atomic E-state index is -0.394. The highest BCUT2D eigenvalue weighted by molar-refractivity contribution is 4.97. The van der Waals surface area contributed by atoms with Crippen LogP contribution in [0, 0.1) is 0 Å². The number of aliphatic hydroxyl groups excluding tert-OH is 1. The predicted octanol–water partition coefficient (Wildman–Crippen LogP) is -0.278. The van der Waals surface area contributed by atoms with Crippen LogP contribution in [0.1, 0.15) is 19.3 Å². The largest absolute Gasteiger partial charge is 0.390 e. The smallest absolute Gasteiger partial charge is 0.0789 e. The van der Waals surface area contributed by atoms with Crippen molar-refractivity contribution in [2.45, 2.75) is 30.9 Å². The summed E-state index contributed by atoms with van der Waals surface area (Å²) < 4.78 is 0. The van der Waals surface area contributed by atoms with Crippen LogP contribution in [0.2, 0.25) is 0 Å². The van der Waals surface area contributed by atoms with Crippen LogP contribution < -0.4 is 5.73 Å². The highest BCUT2D eigenvalue weighted by atomic mass is 16.3. The number of aliphatic hydroxyl groups is 1. The predicted molar refractivity (Wildman–Crippen MR) is 62.8 cm³/mol. The van der Waals surface area contributed by atoms with Gasteiger partial charge in [0.05, 0.1) is 6.10 Å². The summed E-state index contributed by atoms with van der Waals surface area (Å²) in [4.78, 5) is 4.51. The zero-order chi connectivity index (χ0) is 11.5. The van der Waals surface area contributed by atoms with Gasteiger partial charge in [0.15, 0.2) is 0 Å². The molecule has 90 valence electrons. The lowest BCUT2D eigenvalue weighted by Gasteiger charge is -2.49. The average Bonchev–Trinajstić information content (AvgIpc) is 2.10. The Bertz CT molecular complexity index is 192. The van der Waals surface area contributed by atoms with E-state index in [1.807, 2.05) is 0 Å². The first kappa shape index (κ1) is 12.9. The van der Waals surface area contributed by atoms with Crippen molar-refractivity contribution in [3.05, 3.63) is 0 Å². The quantitative estimate of drug-likeness (QED) is 0.640. The lowest BCUT2D eigenvalue weighted by molar-refractivity contribution is 0.0159. The lowest BCUT2D eigenvalue weighted by atomic mass is 9.75. The molecule has 0 aromatic carbocycles. The van der Waals surface area contributed by atoms with Gasteiger partial charge in [0.2, 0.25) is 0 Å². The molecule has 3 N–H and O–H groups in total. The molecule has 1 rings (SSSR count). The van der Waals surface area contributed by atoms with Gasteiger partial charge in [-0.2, -0.15) is 0 Å². The second-order valence-electron chi connectivity index (χ2n) is 5.06. The van der Waals surface area contributed by atoms with Crippen LogP contribution in [-0.4, -0.2) is 67.3 Å². The first-order valence-electron chi connectivity index (χ1n) is 5.74. The van der Waals surface area contributed by atoms with Crippen LogP contribution >= 0.6 is 0 Å². The number of nitrogens with zero attached hydrogens (tertiary/aromatic N) is 2. The Kier molecular flexibility index (Phi) is 4.52. The number of nitrogens with two attached hydrogens (primary N) is 1. The van der Waals surface area contributed by atoms with Gasteiger partial charge in [0.1, 0.15) is 0 Å². The molecule has 4 nitrogen and oxygen atoms in total. The molecule has 0 heterocycles. The Labute approximate surface area is 93.0 Å². The molecule has 1 aliphatic carbocycles. The number of likely N-dealkylation sites (N-methyl/N-ethyl adjacent to an activating group) is 2. The Morgan fingerprint density at radius 3 is 2.27 bits per heavy atom. The van der Waals surface area contributed by atoms with Gasteiger partial charge in [-0.3, -0.25) is 0 Å². The molecule has 1 unspecified atom stereocenters. The van der Waals surface area contributed by atoms with Crippen molar-refractivity contribution >= 4 is 0 Å². The second-order valence-corrected chi connectivity index (χ2v) is 5.06. The van der Waals surface area contributed by atoms with E-state index in [1.54, 1.807) is 0 Å². The van der Waals surface area contributed by atoms with Gasteiger partial charge >= 0.3 is 0 Å². The summed E-state index contributed by atoms with van der Waals surface area (Å²) in [6.45, 7) is 2.04. The molecule has 0 spiro atoms. The van der Waals surface area contributed by atoms with Gasteiger partial charge in [0.25, 0.3) is 0 Å². The van der Waals surface area contributed by atoms with Crippen LogP contribution in [0.3, 0.4) is 0 Å². The van der Waals surface area contributed by atoms with Gasteiger partial charge in [0, 0.05) is 25.2 Å². The van der Waals surface area contributed by atoms with E-state index in [2.05, 4.69) is 30.9 Å². The maximum atomic E-state index is 9.47. The third-order valence-corrected chi connectivity index (χ3v) is 3.59. The van der Waals surface area contributed by atoms with Crippen LogP contribution in [0.5, 0.6) is 0 Å². The number of hydrogen-bond donors (Lipinski definition) is 2. The van der Waals surface area contributed by atoms with Crippen molar-refractivity contribution in [2.75, 3.05) is 40.8 Å². The molecule has 4 heteroatoms. The Balaban J connectivity index is 2.38. The molecule has 0 bridgehead atoms. The van der Waals surface area contributed by atoms with Crippen molar-refractivity contribution in [1.82, 2.24) is 9.80 Å². The Morgan fingerprint density at radius 1 is 1.33 bits per heavy atom. The molecular weight excluding hydrogens is 190 g/mol. The van der Waals surface area contributed by atoms with Crippen molar-refractivity contribution < 1.29 is 5.11 Å². The fourth-order valence-electron chi connectivity index (χ4n) is 2.33. The van der Waals surface area contributed by atoms with E-state index in [0.717, 1.165) is 6.54 Å². The molecule has 0 saturated heterocycles. The van der Waals surface area contributed by atoms with Gasteiger partial charge in [-0.05, 0) is 40.4 Å². The lowest BCUT2D eigenvalue weighted by Crippen LogP contribution is -2.57. The summed E-state index contributed by atoms with van der Waals surface area (Å²) in [7, 11) is 6.35. The van der Waals surface area contributed by atoms with E-state index in [4.69, 9.17) is 5.73 Å². The molecule has 0 aromatic heterocycles. The highest BCUT2D eigenvalue weighted by Gasteiger charge is 2.39. The average molecular weight is 215 g/mol. The van der Waals surface area contributed by atoms with Crippen molar-refractivity contribution in [1.29, 1.82) is 0 Å². The summed E-state index contributed by atoms with van der Waals surface area (Å²) in [5.74, 6) is 0. The van der Waals surface area contributed by atoms with E-state index in [1.165, 1.54) is 19.3 Å². The summed E-state index contributed by atoms with van der Waals surface area (Å²) in [5.41, 5.74) is 5.74. The number of hydrogen-bond acceptors (Lipinski definition) is 4. The van der Waals surface area contributed by atoms with Crippen molar-refractivity contribution in [3.8, 4) is 0 Å². The minimum absolute atomic E-state index is 0.336. The summed E-state index contributed by atoms with van der Waals surface area (Å²) in [6, 6.07) is 0. The minimum Gasteiger partial charge on any atom is -0.390 e. The maximum Gasteiger partial charge on any atom is 0.0789 e. The van der Waals surface area contributed by atoms with Gasteiger partial charge in [-0.25, -0.2) is 0 Å². The van der Waals surface area contributed by atoms with Crippen molar-refractivity contribution in [2.24, 2.45) is 5.73 Å².